The van der Waals surface area contributed by atoms with Crippen molar-refractivity contribution in [2.45, 2.75) is 111 Å². The number of rotatable bonds is 17. The maximum Gasteiger partial charge on any atom is -0.00489 e. The zero-order valence-corrected chi connectivity index (χ0v) is 16.3. The van der Waals surface area contributed by atoms with Gasteiger partial charge < -0.3 is 5.32 Å². The predicted molar refractivity (Wildman–Crippen MR) is 103 cm³/mol. The van der Waals surface area contributed by atoms with Crippen molar-refractivity contribution in [3.05, 3.63) is 0 Å². The highest BCUT2D eigenvalue weighted by Gasteiger charge is 1.96. The molecule has 0 bridgehead atoms. The molecule has 0 aliphatic heterocycles. The lowest BCUT2D eigenvalue weighted by Crippen LogP contribution is -2.16. The Bertz CT molecular complexity index is 176. The molecule has 0 radical (unpaired) electrons. The highest BCUT2D eigenvalue weighted by Crippen LogP contribution is 2.12. The van der Waals surface area contributed by atoms with Crippen LogP contribution in [-0.2, 0) is 0 Å². The van der Waals surface area contributed by atoms with E-state index in [4.69, 9.17) is 0 Å². The second kappa shape index (κ2) is 17.3. The van der Waals surface area contributed by atoms with Crippen molar-refractivity contribution in [1.82, 2.24) is 5.32 Å². The van der Waals surface area contributed by atoms with E-state index < -0.39 is 0 Å². The average Bonchev–Trinajstić information content (AvgIpc) is 2.46. The van der Waals surface area contributed by atoms with Gasteiger partial charge >= 0.3 is 0 Å². The van der Waals surface area contributed by atoms with Crippen LogP contribution in [0.1, 0.15) is 111 Å². The van der Waals surface area contributed by atoms with E-state index in [1.807, 2.05) is 0 Å². The molecule has 1 heteroatoms. The van der Waals surface area contributed by atoms with Crippen LogP contribution in [0.4, 0.5) is 0 Å². The second-order valence-electron chi connectivity index (χ2n) is 8.00. The minimum atomic E-state index is 0.878. The van der Waals surface area contributed by atoms with Gasteiger partial charge in [-0.3, -0.25) is 0 Å². The minimum Gasteiger partial charge on any atom is -0.317 e. The Hall–Kier alpha value is -0.0400. The van der Waals surface area contributed by atoms with E-state index in [1.165, 1.54) is 96.6 Å². The summed E-state index contributed by atoms with van der Waals surface area (Å²) < 4.78 is 0. The van der Waals surface area contributed by atoms with E-state index in [1.54, 1.807) is 0 Å². The first-order valence-electron chi connectivity index (χ1n) is 10.3. The molecule has 0 aliphatic rings. The summed E-state index contributed by atoms with van der Waals surface area (Å²) in [5, 5.41) is 3.60. The number of nitrogens with one attached hydrogen (secondary N) is 1. The summed E-state index contributed by atoms with van der Waals surface area (Å²) >= 11 is 0. The molecule has 1 N–H and O–H groups in total. The molecule has 0 aliphatic carbocycles. The topological polar surface area (TPSA) is 12.0 Å². The molecular formula is C21H45N. The van der Waals surface area contributed by atoms with Gasteiger partial charge in [0.1, 0.15) is 0 Å². The van der Waals surface area contributed by atoms with Crippen LogP contribution in [0.3, 0.4) is 0 Å². The predicted octanol–water partition coefficient (Wildman–Crippen LogP) is 6.96. The Morgan fingerprint density at radius 3 is 1.18 bits per heavy atom. The van der Waals surface area contributed by atoms with Crippen molar-refractivity contribution in [1.29, 1.82) is 0 Å². The van der Waals surface area contributed by atoms with Crippen molar-refractivity contribution in [2.24, 2.45) is 11.8 Å². The summed E-state index contributed by atoms with van der Waals surface area (Å²) in [6.07, 6.45) is 18.5. The first-order chi connectivity index (χ1) is 10.6. The normalized spacial score (nSPS) is 11.7. The maximum atomic E-state index is 3.60. The van der Waals surface area contributed by atoms with Crippen molar-refractivity contribution < 1.29 is 0 Å². The van der Waals surface area contributed by atoms with Gasteiger partial charge in [0.2, 0.25) is 0 Å². The van der Waals surface area contributed by atoms with Gasteiger partial charge in [-0.05, 0) is 37.8 Å². The third-order valence-electron chi connectivity index (χ3n) is 4.52. The first-order valence-corrected chi connectivity index (χ1v) is 10.3. The Morgan fingerprint density at radius 1 is 0.455 bits per heavy atom. The van der Waals surface area contributed by atoms with E-state index in [0.717, 1.165) is 11.8 Å². The van der Waals surface area contributed by atoms with Gasteiger partial charge in [-0.15, -0.1) is 0 Å². The van der Waals surface area contributed by atoms with Crippen LogP contribution in [0.25, 0.3) is 0 Å². The Labute approximate surface area is 142 Å². The van der Waals surface area contributed by atoms with Crippen molar-refractivity contribution >= 4 is 0 Å². The molecule has 0 amide bonds. The molecule has 0 saturated carbocycles. The van der Waals surface area contributed by atoms with E-state index in [-0.39, 0.29) is 0 Å². The monoisotopic (exact) mass is 311 g/mol. The molecule has 0 fully saturated rings. The van der Waals surface area contributed by atoms with E-state index >= 15 is 0 Å². The number of hydrogen-bond acceptors (Lipinski definition) is 1. The van der Waals surface area contributed by atoms with Crippen LogP contribution in [0.5, 0.6) is 0 Å². The summed E-state index contributed by atoms with van der Waals surface area (Å²) in [4.78, 5) is 0. The van der Waals surface area contributed by atoms with Crippen molar-refractivity contribution in [3.8, 4) is 0 Å². The van der Waals surface area contributed by atoms with E-state index in [0.29, 0.717) is 0 Å². The molecule has 0 aromatic carbocycles. The van der Waals surface area contributed by atoms with Crippen LogP contribution < -0.4 is 5.32 Å². The van der Waals surface area contributed by atoms with Crippen LogP contribution in [0.2, 0.25) is 0 Å². The zero-order chi connectivity index (χ0) is 16.5. The molecule has 0 rings (SSSR count). The highest BCUT2D eigenvalue weighted by molar-refractivity contribution is 4.53. The molecular weight excluding hydrogens is 266 g/mol. The Balaban J connectivity index is 2.97. The molecule has 0 spiro atoms. The Kier molecular flexibility index (Phi) is 17.3. The molecule has 0 unspecified atom stereocenters. The van der Waals surface area contributed by atoms with Gasteiger partial charge in [0.15, 0.2) is 0 Å². The van der Waals surface area contributed by atoms with Crippen LogP contribution in [-0.4, -0.2) is 13.1 Å². The number of unbranched alkanes of at least 4 members (excludes halogenated alkanes) is 9. The summed E-state index contributed by atoms with van der Waals surface area (Å²) in [5.41, 5.74) is 0. The van der Waals surface area contributed by atoms with E-state index in [9.17, 15) is 0 Å². The Morgan fingerprint density at radius 2 is 0.773 bits per heavy atom. The van der Waals surface area contributed by atoms with Crippen LogP contribution in [0.15, 0.2) is 0 Å². The molecule has 134 valence electrons. The molecule has 0 aromatic heterocycles. The first kappa shape index (κ1) is 22.0. The van der Waals surface area contributed by atoms with Gasteiger partial charge in [-0.25, -0.2) is 0 Å². The fourth-order valence-corrected chi connectivity index (χ4v) is 2.97. The smallest absolute Gasteiger partial charge is 0.00489 e. The lowest BCUT2D eigenvalue weighted by atomic mass is 10.0. The van der Waals surface area contributed by atoms with Gasteiger partial charge in [-0.1, -0.05) is 98.3 Å². The molecule has 0 atom stereocenters. The van der Waals surface area contributed by atoms with Gasteiger partial charge in [-0.2, -0.15) is 0 Å². The molecule has 0 saturated heterocycles. The SMILES string of the molecule is CC(C)CCCCCCCCCCNCCCCCC(C)C. The maximum absolute atomic E-state index is 3.60. The summed E-state index contributed by atoms with van der Waals surface area (Å²) in [7, 11) is 0. The minimum absolute atomic E-state index is 0.878. The quantitative estimate of drug-likeness (QED) is 0.286. The third kappa shape index (κ3) is 20.0. The fraction of sp³-hybridized carbons (Fsp3) is 1.00. The highest BCUT2D eigenvalue weighted by atomic mass is 14.8. The fourth-order valence-electron chi connectivity index (χ4n) is 2.97. The summed E-state index contributed by atoms with van der Waals surface area (Å²) in [6.45, 7) is 11.8. The number of hydrogen-bond donors (Lipinski definition) is 1. The summed E-state index contributed by atoms with van der Waals surface area (Å²) in [5.74, 6) is 1.77. The lowest BCUT2D eigenvalue weighted by molar-refractivity contribution is 0.499. The summed E-state index contributed by atoms with van der Waals surface area (Å²) in [6, 6.07) is 0. The van der Waals surface area contributed by atoms with Gasteiger partial charge in [0.25, 0.3) is 0 Å². The van der Waals surface area contributed by atoms with E-state index in [2.05, 4.69) is 33.0 Å². The zero-order valence-electron chi connectivity index (χ0n) is 16.3. The van der Waals surface area contributed by atoms with Crippen molar-refractivity contribution in [2.75, 3.05) is 13.1 Å². The largest absolute Gasteiger partial charge is 0.317 e. The van der Waals surface area contributed by atoms with Gasteiger partial charge in [0.05, 0.1) is 0 Å². The second-order valence-corrected chi connectivity index (χ2v) is 8.00. The van der Waals surface area contributed by atoms with Gasteiger partial charge in [0, 0.05) is 0 Å². The lowest BCUT2D eigenvalue weighted by Gasteiger charge is -2.06. The van der Waals surface area contributed by atoms with Crippen LogP contribution >= 0.6 is 0 Å². The molecule has 22 heavy (non-hydrogen) atoms. The standard InChI is InChI=1S/C21H45N/c1-20(2)16-12-9-7-5-6-8-10-14-18-22-19-15-11-13-17-21(3)4/h20-22H,5-19H2,1-4H3. The molecule has 0 heterocycles. The molecule has 0 aromatic rings. The molecule has 1 nitrogen and oxygen atoms in total. The average molecular weight is 312 g/mol. The third-order valence-corrected chi connectivity index (χ3v) is 4.52. The van der Waals surface area contributed by atoms with Crippen molar-refractivity contribution in [3.63, 3.8) is 0 Å². The van der Waals surface area contributed by atoms with Crippen LogP contribution in [0, 0.1) is 11.8 Å².